The maximum absolute atomic E-state index is 14.3. The molecule has 0 amide bonds. The number of hydrogen-bond donors (Lipinski definition) is 2. The Balaban J connectivity index is 1.85. The molecule has 0 spiro atoms. The van der Waals surface area contributed by atoms with Crippen molar-refractivity contribution >= 4 is 27.3 Å². The third kappa shape index (κ3) is 5.22. The van der Waals surface area contributed by atoms with E-state index in [-0.39, 0.29) is 36.5 Å². The molecule has 0 bridgehead atoms. The van der Waals surface area contributed by atoms with Gasteiger partial charge in [-0.1, -0.05) is 0 Å². The Kier molecular flexibility index (Phi) is 6.60. The first-order chi connectivity index (χ1) is 14.0. The van der Waals surface area contributed by atoms with Gasteiger partial charge in [0.2, 0.25) is 16.0 Å². The molecule has 1 fully saturated rings. The molecule has 0 unspecified atom stereocenters. The molecule has 8 nitrogen and oxygen atoms in total. The molecule has 2 aromatic rings. The zero-order valence-corrected chi connectivity index (χ0v) is 17.4. The summed E-state index contributed by atoms with van der Waals surface area (Å²) in [7, 11) is -3.30. The number of rotatable bonds is 6. The maximum Gasteiger partial charge on any atom is 0.434 e. The fourth-order valence-electron chi connectivity index (χ4n) is 3.03. The van der Waals surface area contributed by atoms with Crippen molar-refractivity contribution in [3.63, 3.8) is 0 Å². The molecule has 30 heavy (non-hydrogen) atoms. The van der Waals surface area contributed by atoms with Gasteiger partial charge in [-0.3, -0.25) is 0 Å². The molecule has 14 heteroatoms. The lowest BCUT2D eigenvalue weighted by atomic mass is 10.1. The molecule has 166 valence electrons. The highest BCUT2D eigenvalue weighted by atomic mass is 32.2. The summed E-state index contributed by atoms with van der Waals surface area (Å²) < 4.78 is 78.9. The summed E-state index contributed by atoms with van der Waals surface area (Å²) >= 11 is 0.613. The van der Waals surface area contributed by atoms with Crippen molar-refractivity contribution < 1.29 is 31.1 Å². The van der Waals surface area contributed by atoms with Gasteiger partial charge < -0.3 is 10.4 Å². The molecule has 1 aliphatic rings. The minimum Gasteiger partial charge on any atom is -0.396 e. The van der Waals surface area contributed by atoms with E-state index in [2.05, 4.69) is 20.3 Å². The number of aliphatic hydroxyl groups excluding tert-OH is 1. The second-order valence-corrected chi connectivity index (χ2v) is 9.79. The number of nitrogens with one attached hydrogen (secondary N) is 1. The van der Waals surface area contributed by atoms with Crippen molar-refractivity contribution in [3.05, 3.63) is 22.7 Å². The van der Waals surface area contributed by atoms with Crippen LogP contribution >= 0.6 is 11.3 Å². The van der Waals surface area contributed by atoms with Crippen LogP contribution in [-0.2, 0) is 22.6 Å². The van der Waals surface area contributed by atoms with Crippen molar-refractivity contribution in [2.45, 2.75) is 31.5 Å². The summed E-state index contributed by atoms with van der Waals surface area (Å²) in [6, 6.07) is -0.213. The van der Waals surface area contributed by atoms with E-state index in [0.717, 1.165) is 12.5 Å². The first-order valence-corrected chi connectivity index (χ1v) is 11.6. The van der Waals surface area contributed by atoms with Crippen molar-refractivity contribution in [1.82, 2.24) is 19.3 Å². The lowest BCUT2D eigenvalue weighted by molar-refractivity contribution is -0.140. The smallest absolute Gasteiger partial charge is 0.396 e. The zero-order chi connectivity index (χ0) is 22.1. The summed E-state index contributed by atoms with van der Waals surface area (Å²) in [5, 5.41) is 11.9. The summed E-state index contributed by atoms with van der Waals surface area (Å²) in [6.07, 6.45) is -2.12. The molecule has 3 rings (SSSR count). The van der Waals surface area contributed by atoms with Gasteiger partial charge in [-0.15, -0.1) is 11.3 Å². The van der Waals surface area contributed by atoms with Gasteiger partial charge in [0.1, 0.15) is 5.69 Å². The van der Waals surface area contributed by atoms with Crippen LogP contribution in [0.15, 0.2) is 6.20 Å². The second-order valence-electron chi connectivity index (χ2n) is 6.73. The lowest BCUT2D eigenvalue weighted by Gasteiger charge is -2.30. The normalized spacial score (nSPS) is 16.7. The Labute approximate surface area is 174 Å². The first kappa shape index (κ1) is 22.8. The topological polar surface area (TPSA) is 108 Å². The third-order valence-corrected chi connectivity index (χ3v) is 6.91. The van der Waals surface area contributed by atoms with Crippen LogP contribution in [0.4, 0.5) is 23.5 Å². The molecular weight excluding hydrogens is 450 g/mol. The third-order valence-electron chi connectivity index (χ3n) is 4.48. The van der Waals surface area contributed by atoms with E-state index >= 15 is 0 Å². The molecule has 0 saturated carbocycles. The van der Waals surface area contributed by atoms with E-state index in [4.69, 9.17) is 5.11 Å². The summed E-state index contributed by atoms with van der Waals surface area (Å²) in [5.41, 5.74) is -1.80. The predicted octanol–water partition coefficient (Wildman–Crippen LogP) is 2.13. The van der Waals surface area contributed by atoms with Gasteiger partial charge in [0.25, 0.3) is 0 Å². The van der Waals surface area contributed by atoms with Gasteiger partial charge in [0.15, 0.2) is 11.5 Å². The minimum atomic E-state index is -4.82. The van der Waals surface area contributed by atoms with Crippen molar-refractivity contribution in [2.24, 2.45) is 0 Å². The molecule has 0 aliphatic carbocycles. The Morgan fingerprint density at radius 2 is 1.97 bits per heavy atom. The van der Waals surface area contributed by atoms with Gasteiger partial charge in [-0.25, -0.2) is 32.1 Å². The monoisotopic (exact) mass is 469 g/mol. The van der Waals surface area contributed by atoms with E-state index in [9.17, 15) is 26.0 Å². The van der Waals surface area contributed by atoms with Crippen LogP contribution in [-0.4, -0.2) is 64.8 Å². The zero-order valence-electron chi connectivity index (χ0n) is 15.8. The quantitative estimate of drug-likeness (QED) is 0.624. The fourth-order valence-corrected chi connectivity index (χ4v) is 4.97. The Morgan fingerprint density at radius 1 is 1.30 bits per heavy atom. The first-order valence-electron chi connectivity index (χ1n) is 8.91. The number of alkyl halides is 3. The Morgan fingerprint density at radius 3 is 2.53 bits per heavy atom. The Hall–Kier alpha value is -1.90. The van der Waals surface area contributed by atoms with E-state index in [1.165, 1.54) is 4.31 Å². The highest BCUT2D eigenvalue weighted by Crippen LogP contribution is 2.40. The van der Waals surface area contributed by atoms with E-state index in [1.54, 1.807) is 0 Å². The minimum absolute atomic E-state index is 0.0143. The molecule has 1 aliphatic heterocycles. The van der Waals surface area contributed by atoms with Gasteiger partial charge in [0, 0.05) is 32.2 Å². The highest BCUT2D eigenvalue weighted by Gasteiger charge is 2.39. The SMILES string of the molecule is CS(=O)(=O)N1CCC(Nc2ncc(F)c(-c3sc(CCO)nc3C(F)(F)F)n2)CC1. The van der Waals surface area contributed by atoms with E-state index in [0.29, 0.717) is 24.2 Å². The number of halogens is 4. The van der Waals surface area contributed by atoms with E-state index in [1.807, 2.05) is 0 Å². The lowest BCUT2D eigenvalue weighted by Crippen LogP contribution is -2.42. The summed E-state index contributed by atoms with van der Waals surface area (Å²) in [6.45, 7) is 0.166. The van der Waals surface area contributed by atoms with Crippen LogP contribution in [0.5, 0.6) is 0 Å². The van der Waals surface area contributed by atoms with E-state index < -0.39 is 44.9 Å². The van der Waals surface area contributed by atoms with Crippen molar-refractivity contribution in [3.8, 4) is 10.6 Å². The number of hydrogen-bond acceptors (Lipinski definition) is 8. The van der Waals surface area contributed by atoms with Crippen LogP contribution in [0.1, 0.15) is 23.5 Å². The van der Waals surface area contributed by atoms with Crippen LogP contribution in [0.2, 0.25) is 0 Å². The number of aromatic nitrogens is 3. The average molecular weight is 469 g/mol. The summed E-state index contributed by atoms with van der Waals surface area (Å²) in [5.74, 6) is -1.09. The molecule has 2 aromatic heterocycles. The molecule has 3 heterocycles. The molecule has 2 N–H and O–H groups in total. The van der Waals surface area contributed by atoms with Gasteiger partial charge >= 0.3 is 6.18 Å². The number of thiazole rings is 1. The number of anilines is 1. The van der Waals surface area contributed by atoms with Crippen LogP contribution in [0.3, 0.4) is 0 Å². The number of piperidine rings is 1. The number of nitrogens with zero attached hydrogens (tertiary/aromatic N) is 4. The number of aliphatic hydroxyl groups is 1. The largest absolute Gasteiger partial charge is 0.434 e. The maximum atomic E-state index is 14.3. The second kappa shape index (κ2) is 8.69. The van der Waals surface area contributed by atoms with Crippen molar-refractivity contribution in [2.75, 3.05) is 31.3 Å². The Bertz CT molecular complexity index is 1000. The highest BCUT2D eigenvalue weighted by molar-refractivity contribution is 7.88. The molecule has 0 atom stereocenters. The van der Waals surface area contributed by atoms with Gasteiger partial charge in [-0.2, -0.15) is 13.2 Å². The predicted molar refractivity (Wildman–Crippen MR) is 102 cm³/mol. The standard InChI is InChI=1S/C16H19F4N5O3S2/c1-30(27,28)25-5-2-9(3-6-25)22-15-21-8-10(17)12(24-15)13-14(16(18,19)20)23-11(29-13)4-7-26/h8-9,26H,2-7H2,1H3,(H,21,22,24). The number of sulfonamides is 1. The van der Waals surface area contributed by atoms with Gasteiger partial charge in [0.05, 0.1) is 22.3 Å². The average Bonchev–Trinajstić information content (AvgIpc) is 3.07. The molecular formula is C16H19F4N5O3S2. The van der Waals surface area contributed by atoms with Crippen LogP contribution in [0, 0.1) is 5.82 Å². The van der Waals surface area contributed by atoms with Crippen LogP contribution in [0.25, 0.3) is 10.6 Å². The molecule has 0 radical (unpaired) electrons. The molecule has 0 aromatic carbocycles. The van der Waals surface area contributed by atoms with Crippen LogP contribution < -0.4 is 5.32 Å². The van der Waals surface area contributed by atoms with Gasteiger partial charge in [-0.05, 0) is 12.8 Å². The summed E-state index contributed by atoms with van der Waals surface area (Å²) in [4.78, 5) is 10.7. The van der Waals surface area contributed by atoms with Crippen molar-refractivity contribution in [1.29, 1.82) is 0 Å². The molecule has 1 saturated heterocycles. The fraction of sp³-hybridized carbons (Fsp3) is 0.562.